The zero-order valence-corrected chi connectivity index (χ0v) is 12.4. The van der Waals surface area contributed by atoms with Gasteiger partial charge in [0.25, 0.3) is 0 Å². The molecule has 5 heteroatoms. The third-order valence-electron chi connectivity index (χ3n) is 3.88. The maximum Gasteiger partial charge on any atom is 0.179 e. The highest BCUT2D eigenvalue weighted by molar-refractivity contribution is 6.32. The highest BCUT2D eigenvalue weighted by atomic mass is 35.5. The smallest absolute Gasteiger partial charge is 0.179 e. The van der Waals surface area contributed by atoms with E-state index < -0.39 is 0 Å². The second-order valence-corrected chi connectivity index (χ2v) is 5.77. The molecule has 110 valence electrons. The number of ether oxygens (including phenoxy) is 3. The van der Waals surface area contributed by atoms with Crippen LogP contribution in [0, 0.1) is 0 Å². The number of nitrogens with one attached hydrogen (secondary N) is 1. The predicted molar refractivity (Wildman–Crippen MR) is 77.7 cm³/mol. The summed E-state index contributed by atoms with van der Waals surface area (Å²) in [4.78, 5) is 0. The van der Waals surface area contributed by atoms with Crippen LogP contribution in [0.1, 0.15) is 24.8 Å². The number of fused-ring (bicyclic) bond motifs is 1. The van der Waals surface area contributed by atoms with Crippen molar-refractivity contribution in [2.24, 2.45) is 0 Å². The van der Waals surface area contributed by atoms with Crippen LogP contribution < -0.4 is 14.8 Å². The molecule has 0 spiro atoms. The van der Waals surface area contributed by atoms with Crippen molar-refractivity contribution < 1.29 is 14.2 Å². The van der Waals surface area contributed by atoms with Crippen LogP contribution in [0.4, 0.5) is 0 Å². The Labute approximate surface area is 124 Å². The minimum atomic E-state index is 0.417. The highest BCUT2D eigenvalue weighted by Gasteiger charge is 2.28. The number of rotatable bonds is 4. The first-order chi connectivity index (χ1) is 9.76. The van der Waals surface area contributed by atoms with Crippen molar-refractivity contribution in [1.29, 1.82) is 0 Å². The van der Waals surface area contributed by atoms with Crippen molar-refractivity contribution in [2.75, 3.05) is 20.3 Å². The molecular weight excluding hydrogens is 278 g/mol. The van der Waals surface area contributed by atoms with Crippen LogP contribution in [0.5, 0.6) is 11.5 Å². The molecule has 1 aromatic carbocycles. The van der Waals surface area contributed by atoms with Gasteiger partial charge >= 0.3 is 0 Å². The fraction of sp³-hybridized carbons (Fsp3) is 0.600. The van der Waals surface area contributed by atoms with Gasteiger partial charge in [0.1, 0.15) is 0 Å². The van der Waals surface area contributed by atoms with E-state index in [2.05, 4.69) is 5.32 Å². The van der Waals surface area contributed by atoms with E-state index in [1.165, 1.54) is 0 Å². The fourth-order valence-electron chi connectivity index (χ4n) is 2.57. The average molecular weight is 298 g/mol. The Hall–Kier alpha value is -0.970. The van der Waals surface area contributed by atoms with Crippen molar-refractivity contribution in [3.63, 3.8) is 0 Å². The standard InChI is InChI=1S/C15H20ClNO3/c1-18-12-7-11(8-12)17-9-10-5-13(16)15-14(6-10)19-3-2-4-20-15/h5-6,11-12,17H,2-4,7-9H2,1H3. The van der Waals surface area contributed by atoms with Gasteiger partial charge < -0.3 is 19.5 Å². The van der Waals surface area contributed by atoms with Crippen molar-refractivity contribution in [1.82, 2.24) is 5.32 Å². The number of halogens is 1. The molecule has 3 rings (SSSR count). The van der Waals surface area contributed by atoms with Crippen LogP contribution in [0.25, 0.3) is 0 Å². The van der Waals surface area contributed by atoms with Crippen molar-refractivity contribution in [2.45, 2.75) is 38.0 Å². The summed E-state index contributed by atoms with van der Waals surface area (Å²) >= 11 is 6.28. The second-order valence-electron chi connectivity index (χ2n) is 5.36. The topological polar surface area (TPSA) is 39.7 Å². The van der Waals surface area contributed by atoms with Crippen molar-refractivity contribution in [3.8, 4) is 11.5 Å². The lowest BCUT2D eigenvalue weighted by atomic mass is 9.89. The van der Waals surface area contributed by atoms with Gasteiger partial charge in [0.2, 0.25) is 0 Å². The minimum Gasteiger partial charge on any atom is -0.489 e. The van der Waals surface area contributed by atoms with E-state index in [1.54, 1.807) is 7.11 Å². The van der Waals surface area contributed by atoms with E-state index in [1.807, 2.05) is 12.1 Å². The molecule has 1 N–H and O–H groups in total. The lowest BCUT2D eigenvalue weighted by Crippen LogP contribution is -2.44. The van der Waals surface area contributed by atoms with Gasteiger partial charge in [-0.25, -0.2) is 0 Å². The quantitative estimate of drug-likeness (QED) is 0.928. The third-order valence-corrected chi connectivity index (χ3v) is 4.17. The summed E-state index contributed by atoms with van der Waals surface area (Å²) < 4.78 is 16.6. The molecule has 0 aromatic heterocycles. The van der Waals surface area contributed by atoms with Gasteiger partial charge in [-0.05, 0) is 30.5 Å². The number of methoxy groups -OCH3 is 1. The Morgan fingerprint density at radius 1 is 1.30 bits per heavy atom. The Balaban J connectivity index is 1.62. The summed E-state index contributed by atoms with van der Waals surface area (Å²) in [5, 5.41) is 4.14. The monoisotopic (exact) mass is 297 g/mol. The van der Waals surface area contributed by atoms with E-state index in [-0.39, 0.29) is 0 Å². The van der Waals surface area contributed by atoms with Crippen LogP contribution in [0.3, 0.4) is 0 Å². The Morgan fingerprint density at radius 3 is 2.90 bits per heavy atom. The first kappa shape index (κ1) is 14.0. The van der Waals surface area contributed by atoms with E-state index in [0.29, 0.717) is 36.1 Å². The molecule has 2 aliphatic rings. The molecule has 0 amide bonds. The minimum absolute atomic E-state index is 0.417. The molecular formula is C15H20ClNO3. The fourth-order valence-corrected chi connectivity index (χ4v) is 2.86. The zero-order chi connectivity index (χ0) is 13.9. The molecule has 20 heavy (non-hydrogen) atoms. The summed E-state index contributed by atoms with van der Waals surface area (Å²) in [6.07, 6.45) is 3.46. The molecule has 1 fully saturated rings. The summed E-state index contributed by atoms with van der Waals surface area (Å²) in [5.41, 5.74) is 1.13. The van der Waals surface area contributed by atoms with Gasteiger partial charge in [-0.2, -0.15) is 0 Å². The Kier molecular flexibility index (Phi) is 4.34. The molecule has 1 aliphatic carbocycles. The maximum absolute atomic E-state index is 6.28. The first-order valence-electron chi connectivity index (χ1n) is 7.10. The molecule has 0 bridgehead atoms. The zero-order valence-electron chi connectivity index (χ0n) is 11.7. The highest BCUT2D eigenvalue weighted by Crippen LogP contribution is 2.38. The number of hydrogen-bond donors (Lipinski definition) is 1. The lowest BCUT2D eigenvalue weighted by Gasteiger charge is -2.34. The first-order valence-corrected chi connectivity index (χ1v) is 7.48. The summed E-state index contributed by atoms with van der Waals surface area (Å²) in [6.45, 7) is 2.13. The average Bonchev–Trinajstić information content (AvgIpc) is 2.63. The van der Waals surface area contributed by atoms with Gasteiger partial charge in [0, 0.05) is 26.1 Å². The normalized spacial score (nSPS) is 24.9. The van der Waals surface area contributed by atoms with Crippen LogP contribution in [0.2, 0.25) is 5.02 Å². The molecule has 0 atom stereocenters. The van der Waals surface area contributed by atoms with Gasteiger partial charge in [0.15, 0.2) is 11.5 Å². The predicted octanol–water partition coefficient (Wildman–Crippen LogP) is 2.77. The maximum atomic E-state index is 6.28. The van der Waals surface area contributed by atoms with Crippen molar-refractivity contribution in [3.05, 3.63) is 22.7 Å². The number of hydrogen-bond acceptors (Lipinski definition) is 4. The molecule has 1 aliphatic heterocycles. The van der Waals surface area contributed by atoms with Gasteiger partial charge in [-0.15, -0.1) is 0 Å². The Morgan fingerprint density at radius 2 is 2.10 bits per heavy atom. The summed E-state index contributed by atoms with van der Waals surface area (Å²) in [6, 6.07) is 4.51. The molecule has 0 unspecified atom stereocenters. The second kappa shape index (κ2) is 6.20. The van der Waals surface area contributed by atoms with Gasteiger partial charge in [-0.3, -0.25) is 0 Å². The van der Waals surface area contributed by atoms with E-state index >= 15 is 0 Å². The molecule has 1 saturated carbocycles. The molecule has 1 heterocycles. The van der Waals surface area contributed by atoms with E-state index in [9.17, 15) is 0 Å². The molecule has 4 nitrogen and oxygen atoms in total. The molecule has 0 radical (unpaired) electrons. The summed E-state index contributed by atoms with van der Waals surface area (Å²) in [5.74, 6) is 1.44. The van der Waals surface area contributed by atoms with Gasteiger partial charge in [-0.1, -0.05) is 11.6 Å². The van der Waals surface area contributed by atoms with Crippen LogP contribution >= 0.6 is 11.6 Å². The van der Waals surface area contributed by atoms with Crippen LogP contribution in [-0.4, -0.2) is 32.5 Å². The largest absolute Gasteiger partial charge is 0.489 e. The van der Waals surface area contributed by atoms with E-state index in [4.69, 9.17) is 25.8 Å². The molecule has 0 saturated heterocycles. The third kappa shape index (κ3) is 3.03. The number of benzene rings is 1. The Bertz CT molecular complexity index is 474. The van der Waals surface area contributed by atoms with E-state index in [0.717, 1.165) is 37.1 Å². The van der Waals surface area contributed by atoms with Gasteiger partial charge in [0.05, 0.1) is 24.3 Å². The SMILES string of the molecule is COC1CC(NCc2cc(Cl)c3c(c2)OCCCO3)C1. The summed E-state index contributed by atoms with van der Waals surface area (Å²) in [7, 11) is 1.77. The van der Waals surface area contributed by atoms with Crippen molar-refractivity contribution >= 4 is 11.6 Å². The molecule has 1 aromatic rings. The van der Waals surface area contributed by atoms with Crippen LogP contribution in [-0.2, 0) is 11.3 Å². The lowest BCUT2D eigenvalue weighted by molar-refractivity contribution is 0.0170. The van der Waals surface area contributed by atoms with Crippen LogP contribution in [0.15, 0.2) is 12.1 Å².